The number of nitrogens with zero attached hydrogens (tertiary/aromatic N) is 3. The standard InChI is InChI=1S/C17H20FN3O3S/c18-13-1-4-15-16(9-13)19-11-20(17(15)22)10-12-5-7-21(8-6-12)25(23,24)14-2-3-14/h1,4,9,11-12,14H,2-3,5-8,10H2. The molecule has 1 saturated heterocycles. The summed E-state index contributed by atoms with van der Waals surface area (Å²) in [6.07, 6.45) is 4.49. The molecular weight excluding hydrogens is 345 g/mol. The van der Waals surface area contributed by atoms with Crippen LogP contribution in [0.4, 0.5) is 4.39 Å². The lowest BCUT2D eigenvalue weighted by Gasteiger charge is -2.31. The molecule has 0 radical (unpaired) electrons. The topological polar surface area (TPSA) is 72.3 Å². The van der Waals surface area contributed by atoms with Crippen LogP contribution >= 0.6 is 0 Å². The highest BCUT2D eigenvalue weighted by molar-refractivity contribution is 7.90. The molecule has 1 aliphatic heterocycles. The maximum Gasteiger partial charge on any atom is 0.261 e. The Labute approximate surface area is 145 Å². The maximum absolute atomic E-state index is 13.2. The molecule has 0 bridgehead atoms. The largest absolute Gasteiger partial charge is 0.298 e. The molecule has 2 heterocycles. The van der Waals surface area contributed by atoms with Gasteiger partial charge in [0.1, 0.15) is 5.82 Å². The summed E-state index contributed by atoms with van der Waals surface area (Å²) in [6.45, 7) is 1.55. The summed E-state index contributed by atoms with van der Waals surface area (Å²) in [5.74, 6) is -0.176. The molecule has 0 unspecified atom stereocenters. The van der Waals surface area contributed by atoms with Crippen LogP contribution in [0.2, 0.25) is 0 Å². The van der Waals surface area contributed by atoms with E-state index in [4.69, 9.17) is 0 Å². The van der Waals surface area contributed by atoms with Crippen LogP contribution in [-0.2, 0) is 16.6 Å². The predicted octanol–water partition coefficient (Wildman–Crippen LogP) is 1.74. The van der Waals surface area contributed by atoms with Gasteiger partial charge in [-0.3, -0.25) is 9.36 Å². The molecule has 134 valence electrons. The average Bonchev–Trinajstić information content (AvgIpc) is 3.43. The molecule has 2 fully saturated rings. The molecule has 1 aliphatic carbocycles. The molecule has 0 N–H and O–H groups in total. The van der Waals surface area contributed by atoms with E-state index in [1.807, 2.05) is 0 Å². The fraction of sp³-hybridized carbons (Fsp3) is 0.529. The fourth-order valence-electron chi connectivity index (χ4n) is 3.46. The van der Waals surface area contributed by atoms with Gasteiger partial charge in [-0.2, -0.15) is 0 Å². The van der Waals surface area contributed by atoms with E-state index < -0.39 is 15.8 Å². The predicted molar refractivity (Wildman–Crippen MR) is 92.2 cm³/mol. The Balaban J connectivity index is 1.47. The molecule has 25 heavy (non-hydrogen) atoms. The van der Waals surface area contributed by atoms with E-state index in [0.717, 1.165) is 25.7 Å². The Hall–Kier alpha value is -1.80. The second-order valence-electron chi connectivity index (χ2n) is 6.95. The lowest BCUT2D eigenvalue weighted by atomic mass is 9.98. The molecule has 0 amide bonds. The van der Waals surface area contributed by atoms with Crippen LogP contribution in [0.15, 0.2) is 29.3 Å². The Bertz CT molecular complexity index is 961. The van der Waals surface area contributed by atoms with Gasteiger partial charge in [0.2, 0.25) is 10.0 Å². The van der Waals surface area contributed by atoms with Crippen molar-refractivity contribution in [3.05, 3.63) is 40.7 Å². The number of rotatable bonds is 4. The second-order valence-corrected chi connectivity index (χ2v) is 9.16. The third-order valence-electron chi connectivity index (χ3n) is 5.12. The fourth-order valence-corrected chi connectivity index (χ4v) is 5.34. The smallest absolute Gasteiger partial charge is 0.261 e. The molecule has 2 aromatic rings. The van der Waals surface area contributed by atoms with Crippen LogP contribution in [0.25, 0.3) is 10.9 Å². The zero-order valence-corrected chi connectivity index (χ0v) is 14.6. The minimum atomic E-state index is -3.11. The SMILES string of the molecule is O=c1c2ccc(F)cc2ncn1CC1CCN(S(=O)(=O)C2CC2)CC1. The van der Waals surface area contributed by atoms with Crippen molar-refractivity contribution in [1.82, 2.24) is 13.9 Å². The number of fused-ring (bicyclic) bond motifs is 1. The van der Waals surface area contributed by atoms with Gasteiger partial charge < -0.3 is 0 Å². The van der Waals surface area contributed by atoms with Crippen molar-refractivity contribution in [3.63, 3.8) is 0 Å². The highest BCUT2D eigenvalue weighted by Crippen LogP contribution is 2.33. The molecule has 1 aromatic heterocycles. The van der Waals surface area contributed by atoms with E-state index >= 15 is 0 Å². The van der Waals surface area contributed by atoms with Gasteiger partial charge in [-0.05, 0) is 43.7 Å². The summed E-state index contributed by atoms with van der Waals surface area (Å²) >= 11 is 0. The van der Waals surface area contributed by atoms with Crippen LogP contribution in [0.5, 0.6) is 0 Å². The lowest BCUT2D eigenvalue weighted by molar-refractivity contribution is 0.251. The Morgan fingerprint density at radius 3 is 2.56 bits per heavy atom. The minimum absolute atomic E-state index is 0.170. The van der Waals surface area contributed by atoms with Gasteiger partial charge in [-0.15, -0.1) is 0 Å². The average molecular weight is 365 g/mol. The first-order valence-corrected chi connectivity index (χ1v) is 10.1. The van der Waals surface area contributed by atoms with Crippen molar-refractivity contribution in [2.24, 2.45) is 5.92 Å². The van der Waals surface area contributed by atoms with Crippen molar-refractivity contribution in [1.29, 1.82) is 0 Å². The number of benzene rings is 1. The highest BCUT2D eigenvalue weighted by Gasteiger charge is 2.41. The van der Waals surface area contributed by atoms with E-state index in [1.165, 1.54) is 24.5 Å². The molecule has 0 spiro atoms. The van der Waals surface area contributed by atoms with E-state index in [9.17, 15) is 17.6 Å². The lowest BCUT2D eigenvalue weighted by Crippen LogP contribution is -2.41. The summed E-state index contributed by atoms with van der Waals surface area (Å²) in [5.41, 5.74) is 0.171. The molecule has 2 aliphatic rings. The molecule has 1 aromatic carbocycles. The molecule has 6 nitrogen and oxygen atoms in total. The first-order valence-electron chi connectivity index (χ1n) is 8.59. The monoisotopic (exact) mass is 365 g/mol. The van der Waals surface area contributed by atoms with E-state index in [-0.39, 0.29) is 16.7 Å². The van der Waals surface area contributed by atoms with Gasteiger partial charge in [0.15, 0.2) is 0 Å². The molecule has 1 saturated carbocycles. The van der Waals surface area contributed by atoms with E-state index in [2.05, 4.69) is 4.98 Å². The van der Waals surface area contributed by atoms with Crippen molar-refractivity contribution in [2.75, 3.05) is 13.1 Å². The summed E-state index contributed by atoms with van der Waals surface area (Å²) in [6, 6.07) is 3.97. The Morgan fingerprint density at radius 1 is 1.16 bits per heavy atom. The van der Waals surface area contributed by atoms with Crippen molar-refractivity contribution in [3.8, 4) is 0 Å². The molecular formula is C17H20FN3O3S. The maximum atomic E-state index is 13.2. The van der Waals surface area contributed by atoms with Gasteiger partial charge in [-0.25, -0.2) is 22.1 Å². The van der Waals surface area contributed by atoms with Crippen LogP contribution in [0.3, 0.4) is 0 Å². The Morgan fingerprint density at radius 2 is 1.88 bits per heavy atom. The van der Waals surface area contributed by atoms with Gasteiger partial charge >= 0.3 is 0 Å². The number of sulfonamides is 1. The normalized spacial score (nSPS) is 20.2. The highest BCUT2D eigenvalue weighted by atomic mass is 32.2. The van der Waals surface area contributed by atoms with Crippen molar-refractivity contribution < 1.29 is 12.8 Å². The minimum Gasteiger partial charge on any atom is -0.298 e. The summed E-state index contributed by atoms with van der Waals surface area (Å²) < 4.78 is 40.9. The van der Waals surface area contributed by atoms with Gasteiger partial charge in [0, 0.05) is 25.7 Å². The summed E-state index contributed by atoms with van der Waals surface area (Å²) in [7, 11) is -3.11. The first-order chi connectivity index (χ1) is 11.9. The van der Waals surface area contributed by atoms with Crippen LogP contribution in [-0.4, -0.2) is 40.6 Å². The van der Waals surface area contributed by atoms with Crippen LogP contribution in [0.1, 0.15) is 25.7 Å². The molecule has 4 rings (SSSR count). The van der Waals surface area contributed by atoms with E-state index in [0.29, 0.717) is 30.5 Å². The number of aromatic nitrogens is 2. The van der Waals surface area contributed by atoms with E-state index in [1.54, 1.807) is 8.87 Å². The van der Waals surface area contributed by atoms with Gasteiger partial charge in [0.05, 0.1) is 22.5 Å². The van der Waals surface area contributed by atoms with Crippen molar-refractivity contribution in [2.45, 2.75) is 37.5 Å². The van der Waals surface area contributed by atoms with Gasteiger partial charge in [0.25, 0.3) is 5.56 Å². The van der Waals surface area contributed by atoms with Gasteiger partial charge in [-0.1, -0.05) is 0 Å². The quantitative estimate of drug-likeness (QED) is 0.827. The van der Waals surface area contributed by atoms with Crippen molar-refractivity contribution >= 4 is 20.9 Å². The third kappa shape index (κ3) is 3.20. The number of hydrogen-bond donors (Lipinski definition) is 0. The zero-order chi connectivity index (χ0) is 17.6. The summed E-state index contributed by atoms with van der Waals surface area (Å²) in [5, 5.41) is 0.231. The zero-order valence-electron chi connectivity index (χ0n) is 13.8. The second kappa shape index (κ2) is 6.17. The number of hydrogen-bond acceptors (Lipinski definition) is 4. The van der Waals surface area contributed by atoms with Crippen LogP contribution < -0.4 is 5.56 Å². The number of piperidine rings is 1. The van der Waals surface area contributed by atoms with Crippen LogP contribution in [0, 0.1) is 11.7 Å². The summed E-state index contributed by atoms with van der Waals surface area (Å²) in [4.78, 5) is 16.7. The number of halogens is 1. The molecule has 0 atom stereocenters. The first kappa shape index (κ1) is 16.7. The molecule has 8 heteroatoms. The Kier molecular flexibility index (Phi) is 4.11. The third-order valence-corrected chi connectivity index (χ3v) is 7.52.